The minimum atomic E-state index is 0.568. The number of halogens is 1. The van der Waals surface area contributed by atoms with E-state index >= 15 is 0 Å². The number of hydrogen-bond acceptors (Lipinski definition) is 2. The zero-order valence-corrected chi connectivity index (χ0v) is 8.23. The minimum absolute atomic E-state index is 0.568. The molecular formula is C8H17ClN2. The molecule has 0 aromatic carbocycles. The number of likely N-dealkylation sites (N-methyl/N-ethyl adjacent to an activating group) is 1. The molecule has 3 heteroatoms. The van der Waals surface area contributed by atoms with E-state index < -0.39 is 0 Å². The van der Waals surface area contributed by atoms with Crippen LogP contribution < -0.4 is 5.32 Å². The first kappa shape index (κ1) is 11.0. The molecule has 0 bridgehead atoms. The highest BCUT2D eigenvalue weighted by molar-refractivity contribution is 6.25. The fraction of sp³-hybridized carbons (Fsp3) is 0.750. The van der Waals surface area contributed by atoms with Crippen LogP contribution in [0.2, 0.25) is 0 Å². The van der Waals surface area contributed by atoms with Crippen LogP contribution in [0.15, 0.2) is 11.6 Å². The number of nitrogens with zero attached hydrogens (tertiary/aromatic N) is 1. The largest absolute Gasteiger partial charge is 0.312 e. The van der Waals surface area contributed by atoms with Gasteiger partial charge in [-0.1, -0.05) is 17.7 Å². The molecule has 0 fully saturated rings. The summed E-state index contributed by atoms with van der Waals surface area (Å²) < 4.78 is 0. The lowest BCUT2D eigenvalue weighted by atomic mass is 10.3. The van der Waals surface area contributed by atoms with Crippen molar-refractivity contribution in [2.24, 2.45) is 0 Å². The second kappa shape index (κ2) is 6.65. The Morgan fingerprint density at radius 2 is 2.18 bits per heavy atom. The summed E-state index contributed by atoms with van der Waals surface area (Å²) in [4.78, 5) is 2.18. The van der Waals surface area contributed by atoms with Crippen LogP contribution in [0.3, 0.4) is 0 Å². The van der Waals surface area contributed by atoms with Gasteiger partial charge in [-0.05, 0) is 21.0 Å². The summed E-state index contributed by atoms with van der Waals surface area (Å²) in [5, 5.41) is 3.25. The molecule has 0 spiro atoms. The molecule has 0 radical (unpaired) electrons. The van der Waals surface area contributed by atoms with Gasteiger partial charge in [-0.25, -0.2) is 0 Å². The van der Waals surface area contributed by atoms with Crippen LogP contribution in [0.5, 0.6) is 0 Å². The second-order valence-corrected chi connectivity index (χ2v) is 3.08. The average Bonchev–Trinajstić information content (AvgIpc) is 1.97. The van der Waals surface area contributed by atoms with E-state index in [9.17, 15) is 0 Å². The Balaban J connectivity index is 3.24. The Morgan fingerprint density at radius 1 is 1.55 bits per heavy atom. The molecule has 0 saturated heterocycles. The third-order valence-corrected chi connectivity index (χ3v) is 1.85. The van der Waals surface area contributed by atoms with Crippen molar-refractivity contribution in [3.05, 3.63) is 11.6 Å². The van der Waals surface area contributed by atoms with Crippen molar-refractivity contribution in [3.63, 3.8) is 0 Å². The van der Waals surface area contributed by atoms with Crippen molar-refractivity contribution < 1.29 is 0 Å². The third-order valence-electron chi connectivity index (χ3n) is 1.67. The van der Waals surface area contributed by atoms with Crippen molar-refractivity contribution in [3.8, 4) is 0 Å². The van der Waals surface area contributed by atoms with Crippen LogP contribution in [-0.4, -0.2) is 38.1 Å². The molecule has 1 unspecified atom stereocenters. The van der Waals surface area contributed by atoms with Gasteiger partial charge in [-0.15, -0.1) is 0 Å². The topological polar surface area (TPSA) is 15.3 Å². The maximum atomic E-state index is 5.35. The summed E-state index contributed by atoms with van der Waals surface area (Å²) in [5.41, 5.74) is 1.54. The van der Waals surface area contributed by atoms with Gasteiger partial charge in [0.2, 0.25) is 0 Å². The fourth-order valence-corrected chi connectivity index (χ4v) is 0.692. The smallest absolute Gasteiger partial charge is 0.0186 e. The molecular weight excluding hydrogens is 160 g/mol. The minimum Gasteiger partial charge on any atom is -0.312 e. The summed E-state index contributed by atoms with van der Waals surface area (Å²) in [6.45, 7) is 4.02. The standard InChI is InChI=1S/C8H17ClN2/c1-8(11(2)3)7-10-6-4-5-9/h4-5,8,10H,6-7H2,1-3H3/b5-4+. The lowest BCUT2D eigenvalue weighted by Crippen LogP contribution is -2.35. The Labute approximate surface area is 74.2 Å². The Morgan fingerprint density at radius 3 is 2.64 bits per heavy atom. The van der Waals surface area contributed by atoms with E-state index in [0.29, 0.717) is 6.04 Å². The van der Waals surface area contributed by atoms with Gasteiger partial charge in [-0.2, -0.15) is 0 Å². The van der Waals surface area contributed by atoms with Gasteiger partial charge in [0.1, 0.15) is 0 Å². The highest BCUT2D eigenvalue weighted by Crippen LogP contribution is 1.87. The molecule has 11 heavy (non-hydrogen) atoms. The number of hydrogen-bond donors (Lipinski definition) is 1. The van der Waals surface area contributed by atoms with Crippen LogP contribution >= 0.6 is 11.6 Å². The van der Waals surface area contributed by atoms with Gasteiger partial charge in [0, 0.05) is 24.7 Å². The Hall–Kier alpha value is -0.0500. The lowest BCUT2D eigenvalue weighted by molar-refractivity contribution is 0.306. The molecule has 0 aliphatic heterocycles. The SMILES string of the molecule is CC(CNC/C=C/Cl)N(C)C. The van der Waals surface area contributed by atoms with Crippen LogP contribution in [0.1, 0.15) is 6.92 Å². The summed E-state index contributed by atoms with van der Waals surface area (Å²) in [6, 6.07) is 0.568. The van der Waals surface area contributed by atoms with E-state index in [2.05, 4.69) is 31.2 Å². The van der Waals surface area contributed by atoms with Crippen molar-refractivity contribution in [2.75, 3.05) is 27.2 Å². The molecule has 0 aliphatic rings. The molecule has 1 N–H and O–H groups in total. The zero-order valence-electron chi connectivity index (χ0n) is 7.47. The molecule has 0 aliphatic carbocycles. The van der Waals surface area contributed by atoms with Crippen molar-refractivity contribution in [2.45, 2.75) is 13.0 Å². The normalized spacial score (nSPS) is 14.6. The molecule has 0 rings (SSSR count). The van der Waals surface area contributed by atoms with Crippen molar-refractivity contribution in [1.82, 2.24) is 10.2 Å². The van der Waals surface area contributed by atoms with Crippen LogP contribution in [-0.2, 0) is 0 Å². The second-order valence-electron chi connectivity index (χ2n) is 2.83. The van der Waals surface area contributed by atoms with Crippen LogP contribution in [0, 0.1) is 0 Å². The quantitative estimate of drug-likeness (QED) is 0.635. The Bertz CT molecular complexity index is 113. The monoisotopic (exact) mass is 176 g/mol. The predicted octanol–water partition coefficient (Wildman–Crippen LogP) is 1.28. The highest BCUT2D eigenvalue weighted by atomic mass is 35.5. The molecule has 0 aromatic heterocycles. The summed E-state index contributed by atoms with van der Waals surface area (Å²) >= 11 is 5.35. The predicted molar refractivity (Wildman–Crippen MR) is 51.0 cm³/mol. The first-order chi connectivity index (χ1) is 5.18. The maximum absolute atomic E-state index is 5.35. The maximum Gasteiger partial charge on any atom is 0.0186 e. The lowest BCUT2D eigenvalue weighted by Gasteiger charge is -2.19. The first-order valence-corrected chi connectivity index (χ1v) is 4.24. The molecule has 1 atom stereocenters. The fourth-order valence-electron chi connectivity index (χ4n) is 0.603. The van der Waals surface area contributed by atoms with E-state index in [-0.39, 0.29) is 0 Å². The van der Waals surface area contributed by atoms with Crippen molar-refractivity contribution >= 4 is 11.6 Å². The van der Waals surface area contributed by atoms with Gasteiger partial charge >= 0.3 is 0 Å². The van der Waals surface area contributed by atoms with Gasteiger partial charge < -0.3 is 10.2 Å². The first-order valence-electron chi connectivity index (χ1n) is 3.81. The molecule has 0 saturated carbocycles. The third kappa shape index (κ3) is 6.35. The molecule has 0 heterocycles. The zero-order chi connectivity index (χ0) is 8.69. The van der Waals surface area contributed by atoms with E-state index in [1.54, 1.807) is 0 Å². The van der Waals surface area contributed by atoms with Crippen molar-refractivity contribution in [1.29, 1.82) is 0 Å². The summed E-state index contributed by atoms with van der Waals surface area (Å²) in [5.74, 6) is 0. The van der Waals surface area contributed by atoms with E-state index in [1.165, 1.54) is 5.54 Å². The van der Waals surface area contributed by atoms with E-state index in [0.717, 1.165) is 13.1 Å². The van der Waals surface area contributed by atoms with E-state index in [1.807, 2.05) is 6.08 Å². The molecule has 0 amide bonds. The van der Waals surface area contributed by atoms with E-state index in [4.69, 9.17) is 11.6 Å². The van der Waals surface area contributed by atoms with Crippen LogP contribution in [0.25, 0.3) is 0 Å². The molecule has 0 aromatic rings. The number of nitrogens with one attached hydrogen (secondary N) is 1. The summed E-state index contributed by atoms with van der Waals surface area (Å²) in [7, 11) is 4.15. The molecule has 2 nitrogen and oxygen atoms in total. The average molecular weight is 177 g/mol. The summed E-state index contributed by atoms with van der Waals surface area (Å²) in [6.07, 6.45) is 1.89. The van der Waals surface area contributed by atoms with Gasteiger partial charge in [-0.3, -0.25) is 0 Å². The Kier molecular flexibility index (Phi) is 6.62. The number of rotatable bonds is 5. The van der Waals surface area contributed by atoms with Gasteiger partial charge in [0.05, 0.1) is 0 Å². The molecule has 66 valence electrons. The van der Waals surface area contributed by atoms with Crippen LogP contribution in [0.4, 0.5) is 0 Å². The highest BCUT2D eigenvalue weighted by Gasteiger charge is 2.01. The van der Waals surface area contributed by atoms with Gasteiger partial charge in [0.25, 0.3) is 0 Å². The van der Waals surface area contributed by atoms with Gasteiger partial charge in [0.15, 0.2) is 0 Å².